The molecule has 0 spiro atoms. The Hall–Kier alpha value is -2.30. The van der Waals surface area contributed by atoms with E-state index in [2.05, 4.69) is 48.1 Å². The zero-order chi connectivity index (χ0) is 22.8. The van der Waals surface area contributed by atoms with Crippen molar-refractivity contribution < 1.29 is 4.79 Å². The Morgan fingerprint density at radius 1 is 1.06 bits per heavy atom. The Morgan fingerprint density at radius 3 is 2.38 bits per heavy atom. The van der Waals surface area contributed by atoms with Gasteiger partial charge in [0.25, 0.3) is 5.91 Å². The number of nitrogens with one attached hydrogen (secondary N) is 1. The van der Waals surface area contributed by atoms with Gasteiger partial charge in [0.15, 0.2) is 0 Å². The lowest BCUT2D eigenvalue weighted by molar-refractivity contribution is 0.0965. The molecule has 32 heavy (non-hydrogen) atoms. The average molecular weight is 470 g/mol. The number of imidazole rings is 1. The minimum Gasteiger partial charge on any atom is -0.341 e. The molecular formula is C26H29Cl2N3O. The number of amides is 1. The summed E-state index contributed by atoms with van der Waals surface area (Å²) in [5, 5.41) is 1.06. The van der Waals surface area contributed by atoms with Gasteiger partial charge in [0.1, 0.15) is 11.5 Å². The molecule has 0 saturated heterocycles. The summed E-state index contributed by atoms with van der Waals surface area (Å²) in [7, 11) is 0. The van der Waals surface area contributed by atoms with E-state index < -0.39 is 0 Å². The highest BCUT2D eigenvalue weighted by molar-refractivity contribution is 6.36. The third-order valence-electron chi connectivity index (χ3n) is 6.27. The smallest absolute Gasteiger partial charge is 0.279 e. The monoisotopic (exact) mass is 469 g/mol. The van der Waals surface area contributed by atoms with Gasteiger partial charge in [-0.25, -0.2) is 4.98 Å². The Balaban J connectivity index is 1.71. The van der Waals surface area contributed by atoms with Gasteiger partial charge in [0, 0.05) is 28.0 Å². The minimum atomic E-state index is -0.0701. The van der Waals surface area contributed by atoms with Gasteiger partial charge in [-0.2, -0.15) is 0 Å². The van der Waals surface area contributed by atoms with Crippen LogP contribution in [0.5, 0.6) is 0 Å². The van der Waals surface area contributed by atoms with Crippen LogP contribution in [-0.2, 0) is 0 Å². The zero-order valence-corrected chi connectivity index (χ0v) is 20.3. The van der Waals surface area contributed by atoms with E-state index in [9.17, 15) is 4.79 Å². The molecule has 1 aliphatic carbocycles. The number of aromatic amines is 1. The number of carbonyl (C=O) groups is 1. The number of benzene rings is 2. The van der Waals surface area contributed by atoms with E-state index >= 15 is 0 Å². The van der Waals surface area contributed by atoms with Crippen LogP contribution in [0.3, 0.4) is 0 Å². The first-order chi connectivity index (χ1) is 15.3. The molecule has 1 fully saturated rings. The predicted octanol–water partition coefficient (Wildman–Crippen LogP) is 7.79. The molecule has 2 aromatic carbocycles. The summed E-state index contributed by atoms with van der Waals surface area (Å²) in [4.78, 5) is 23.7. The van der Waals surface area contributed by atoms with Crippen molar-refractivity contribution in [3.05, 3.63) is 69.5 Å². The maximum absolute atomic E-state index is 13.9. The van der Waals surface area contributed by atoms with Crippen LogP contribution < -0.4 is 4.90 Å². The van der Waals surface area contributed by atoms with Gasteiger partial charge in [-0.1, -0.05) is 68.4 Å². The fourth-order valence-corrected chi connectivity index (χ4v) is 4.94. The first kappa shape index (κ1) is 22.9. The molecule has 0 aliphatic heterocycles. The number of rotatable bonds is 5. The molecule has 1 heterocycles. The van der Waals surface area contributed by atoms with Crippen molar-refractivity contribution in [2.45, 2.75) is 64.8 Å². The summed E-state index contributed by atoms with van der Waals surface area (Å²) in [5.74, 6) is 0.952. The van der Waals surface area contributed by atoms with E-state index in [4.69, 9.17) is 23.2 Å². The van der Waals surface area contributed by atoms with Crippen LogP contribution in [0.15, 0.2) is 42.5 Å². The number of aryl methyl sites for hydroxylation is 1. The van der Waals surface area contributed by atoms with Crippen molar-refractivity contribution in [3.8, 4) is 11.4 Å². The highest BCUT2D eigenvalue weighted by Gasteiger charge is 2.30. The van der Waals surface area contributed by atoms with Crippen molar-refractivity contribution in [3.63, 3.8) is 0 Å². The lowest BCUT2D eigenvalue weighted by atomic mass is 9.93. The average Bonchev–Trinajstić information content (AvgIpc) is 3.16. The molecule has 4 rings (SSSR count). The molecular weight excluding hydrogens is 441 g/mol. The Bertz CT molecular complexity index is 1100. The second kappa shape index (κ2) is 9.68. The van der Waals surface area contributed by atoms with Crippen LogP contribution in [0.25, 0.3) is 11.4 Å². The first-order valence-electron chi connectivity index (χ1n) is 11.3. The molecule has 0 bridgehead atoms. The van der Waals surface area contributed by atoms with Crippen molar-refractivity contribution in [1.82, 2.24) is 9.97 Å². The molecule has 168 valence electrons. The second-order valence-corrected chi connectivity index (χ2v) is 9.74. The minimum absolute atomic E-state index is 0.0701. The zero-order valence-electron chi connectivity index (χ0n) is 18.8. The van der Waals surface area contributed by atoms with Crippen molar-refractivity contribution in [2.24, 2.45) is 0 Å². The number of anilines is 1. The first-order valence-corrected chi connectivity index (χ1v) is 12.1. The predicted molar refractivity (Wildman–Crippen MR) is 133 cm³/mol. The van der Waals surface area contributed by atoms with Crippen LogP contribution in [0.1, 0.15) is 73.6 Å². The maximum Gasteiger partial charge on any atom is 0.279 e. The van der Waals surface area contributed by atoms with Gasteiger partial charge in [-0.15, -0.1) is 0 Å². The standard InChI is InChI=1S/C26H29Cl2N3O/c1-16(2)18-9-12-21(13-10-18)31(20-7-5-4-6-8-20)26(32)24-17(3)29-25(30-24)22-14-11-19(27)15-23(22)28/h9-16,20H,4-8H2,1-3H3,(H,29,30). The molecule has 3 aromatic rings. The molecule has 1 N–H and O–H groups in total. The second-order valence-electron chi connectivity index (χ2n) is 8.90. The molecule has 6 heteroatoms. The van der Waals surface area contributed by atoms with Crippen molar-refractivity contribution in [2.75, 3.05) is 4.90 Å². The number of hydrogen-bond donors (Lipinski definition) is 1. The van der Waals surface area contributed by atoms with Gasteiger partial charge in [-0.3, -0.25) is 4.79 Å². The van der Waals surface area contributed by atoms with Crippen LogP contribution in [-0.4, -0.2) is 21.9 Å². The highest BCUT2D eigenvalue weighted by atomic mass is 35.5. The Morgan fingerprint density at radius 2 is 1.75 bits per heavy atom. The van der Waals surface area contributed by atoms with Crippen LogP contribution in [0.4, 0.5) is 5.69 Å². The lowest BCUT2D eigenvalue weighted by Crippen LogP contribution is -2.42. The number of carbonyl (C=O) groups excluding carboxylic acids is 1. The van der Waals surface area contributed by atoms with Gasteiger partial charge in [0.2, 0.25) is 0 Å². The summed E-state index contributed by atoms with van der Waals surface area (Å²) in [6.07, 6.45) is 5.53. The summed E-state index contributed by atoms with van der Waals surface area (Å²) >= 11 is 12.4. The molecule has 1 saturated carbocycles. The number of H-pyrrole nitrogens is 1. The molecule has 4 nitrogen and oxygen atoms in total. The van der Waals surface area contributed by atoms with Crippen LogP contribution in [0.2, 0.25) is 10.0 Å². The molecule has 0 radical (unpaired) electrons. The van der Waals surface area contributed by atoms with E-state index in [0.717, 1.165) is 42.6 Å². The van der Waals surface area contributed by atoms with E-state index in [-0.39, 0.29) is 11.9 Å². The molecule has 0 unspecified atom stereocenters. The molecule has 1 aliphatic rings. The summed E-state index contributed by atoms with van der Waals surface area (Å²) in [6, 6.07) is 13.8. The number of halogens is 2. The number of nitrogens with zero attached hydrogens (tertiary/aromatic N) is 2. The van der Waals surface area contributed by atoms with E-state index in [1.54, 1.807) is 12.1 Å². The van der Waals surface area contributed by atoms with E-state index in [0.29, 0.717) is 27.5 Å². The van der Waals surface area contributed by atoms with Crippen LogP contribution >= 0.6 is 23.2 Å². The molecule has 1 aromatic heterocycles. The largest absolute Gasteiger partial charge is 0.341 e. The number of aromatic nitrogens is 2. The van der Waals surface area contributed by atoms with Gasteiger partial charge >= 0.3 is 0 Å². The molecule has 0 atom stereocenters. The van der Waals surface area contributed by atoms with Crippen LogP contribution in [0, 0.1) is 6.92 Å². The maximum atomic E-state index is 13.9. The van der Waals surface area contributed by atoms with Crippen molar-refractivity contribution >= 4 is 34.8 Å². The quantitative estimate of drug-likeness (QED) is 0.414. The summed E-state index contributed by atoms with van der Waals surface area (Å²) in [5.41, 5.74) is 4.09. The lowest BCUT2D eigenvalue weighted by Gasteiger charge is -2.34. The van der Waals surface area contributed by atoms with Gasteiger partial charge in [0.05, 0.1) is 5.02 Å². The van der Waals surface area contributed by atoms with Crippen molar-refractivity contribution in [1.29, 1.82) is 0 Å². The topological polar surface area (TPSA) is 49.0 Å². The highest BCUT2D eigenvalue weighted by Crippen LogP contribution is 2.32. The third kappa shape index (κ3) is 4.72. The fraction of sp³-hybridized carbons (Fsp3) is 0.385. The SMILES string of the molecule is Cc1[nH]c(-c2ccc(Cl)cc2Cl)nc1C(=O)N(c1ccc(C(C)C)cc1)C1CCCCC1. The van der Waals surface area contributed by atoms with E-state index in [1.807, 2.05) is 17.9 Å². The van der Waals surface area contributed by atoms with E-state index in [1.165, 1.54) is 12.0 Å². The van der Waals surface area contributed by atoms with Gasteiger partial charge in [-0.05, 0) is 61.6 Å². The summed E-state index contributed by atoms with van der Waals surface area (Å²) < 4.78 is 0. The molecule has 1 amide bonds. The third-order valence-corrected chi connectivity index (χ3v) is 6.82. The normalized spacial score (nSPS) is 14.7. The number of hydrogen-bond acceptors (Lipinski definition) is 2. The summed E-state index contributed by atoms with van der Waals surface area (Å²) in [6.45, 7) is 6.24. The fourth-order valence-electron chi connectivity index (χ4n) is 4.44. The van der Waals surface area contributed by atoms with Gasteiger partial charge < -0.3 is 9.88 Å². The Kier molecular flexibility index (Phi) is 6.92. The Labute approximate surface area is 200 Å².